The van der Waals surface area contributed by atoms with Crippen LogP contribution in [0.25, 0.3) is 0 Å². The van der Waals surface area contributed by atoms with E-state index in [1.165, 1.54) is 31.9 Å². The van der Waals surface area contributed by atoms with Crippen LogP contribution >= 0.6 is 0 Å². The van der Waals surface area contributed by atoms with Crippen LogP contribution in [0.5, 0.6) is 0 Å². The molecule has 118 valence electrons. The molecule has 1 saturated heterocycles. The molecule has 1 aliphatic heterocycles. The molecule has 1 N–H and O–H groups in total. The van der Waals surface area contributed by atoms with Gasteiger partial charge in [-0.25, -0.2) is 8.42 Å². The van der Waals surface area contributed by atoms with Crippen LogP contribution in [0.4, 0.5) is 0 Å². The van der Waals surface area contributed by atoms with Crippen LogP contribution in [0.1, 0.15) is 46.5 Å². The lowest BCUT2D eigenvalue weighted by Crippen LogP contribution is -2.66. The fraction of sp³-hybridized carbons (Fsp3) is 1.00. The van der Waals surface area contributed by atoms with Crippen molar-refractivity contribution in [2.45, 2.75) is 64.1 Å². The molecule has 2 aliphatic rings. The molecule has 2 fully saturated rings. The standard InChI is InChI=1S/C15H30N2O2S/c1-12(2)14-9-16-15(7-5-6-8-15)11-17(14)13(3)10-20(4,18)19/h12-14,16H,5-11H2,1-4H3. The topological polar surface area (TPSA) is 49.4 Å². The van der Waals surface area contributed by atoms with Crippen LogP contribution in [-0.4, -0.2) is 56.0 Å². The summed E-state index contributed by atoms with van der Waals surface area (Å²) in [7, 11) is -2.92. The molecule has 2 unspecified atom stereocenters. The van der Waals surface area contributed by atoms with Crippen LogP contribution in [-0.2, 0) is 9.84 Å². The SMILES string of the molecule is CC(C)C1CNC2(CCCC2)CN1C(C)CS(C)(=O)=O. The summed E-state index contributed by atoms with van der Waals surface area (Å²) in [6.07, 6.45) is 6.42. The minimum atomic E-state index is -2.92. The first-order valence-corrected chi connectivity index (χ1v) is 9.97. The highest BCUT2D eigenvalue weighted by Crippen LogP contribution is 2.35. The molecule has 4 nitrogen and oxygen atoms in total. The monoisotopic (exact) mass is 302 g/mol. The Hall–Kier alpha value is -0.130. The molecule has 1 heterocycles. The van der Waals surface area contributed by atoms with E-state index in [1.54, 1.807) is 0 Å². The van der Waals surface area contributed by atoms with Gasteiger partial charge < -0.3 is 5.32 Å². The zero-order valence-corrected chi connectivity index (χ0v) is 14.2. The van der Waals surface area contributed by atoms with Crippen molar-refractivity contribution in [3.8, 4) is 0 Å². The number of piperazine rings is 1. The number of rotatable bonds is 4. The van der Waals surface area contributed by atoms with Gasteiger partial charge in [-0.2, -0.15) is 0 Å². The average Bonchev–Trinajstić information content (AvgIpc) is 2.74. The minimum absolute atomic E-state index is 0.108. The van der Waals surface area contributed by atoms with Gasteiger partial charge in [-0.05, 0) is 25.7 Å². The first kappa shape index (κ1) is 16.2. The summed E-state index contributed by atoms with van der Waals surface area (Å²) < 4.78 is 23.3. The summed E-state index contributed by atoms with van der Waals surface area (Å²) in [6.45, 7) is 8.54. The second-order valence-corrected chi connectivity index (χ2v) is 9.48. The highest BCUT2D eigenvalue weighted by atomic mass is 32.2. The minimum Gasteiger partial charge on any atom is -0.308 e. The molecule has 2 atom stereocenters. The Morgan fingerprint density at radius 2 is 1.85 bits per heavy atom. The van der Waals surface area contributed by atoms with E-state index in [2.05, 4.69) is 31.0 Å². The van der Waals surface area contributed by atoms with Crippen molar-refractivity contribution in [1.82, 2.24) is 10.2 Å². The smallest absolute Gasteiger partial charge is 0.148 e. The first-order chi connectivity index (χ1) is 9.22. The summed E-state index contributed by atoms with van der Waals surface area (Å²) in [6, 6.07) is 0.551. The fourth-order valence-electron chi connectivity index (χ4n) is 3.98. The van der Waals surface area contributed by atoms with Gasteiger partial charge in [-0.1, -0.05) is 26.7 Å². The molecule has 1 aliphatic carbocycles. The summed E-state index contributed by atoms with van der Waals surface area (Å²) in [5.74, 6) is 0.815. The van der Waals surface area contributed by atoms with Crippen molar-refractivity contribution in [1.29, 1.82) is 0 Å². The predicted molar refractivity (Wildman–Crippen MR) is 83.7 cm³/mol. The fourth-order valence-corrected chi connectivity index (χ4v) is 5.05. The maximum atomic E-state index is 11.6. The van der Waals surface area contributed by atoms with Crippen molar-refractivity contribution < 1.29 is 8.42 Å². The van der Waals surface area contributed by atoms with Crippen LogP contribution in [0.3, 0.4) is 0 Å². The van der Waals surface area contributed by atoms with Crippen LogP contribution in [0.2, 0.25) is 0 Å². The van der Waals surface area contributed by atoms with E-state index in [-0.39, 0.29) is 17.3 Å². The highest BCUT2D eigenvalue weighted by molar-refractivity contribution is 7.90. The lowest BCUT2D eigenvalue weighted by Gasteiger charge is -2.50. The van der Waals surface area contributed by atoms with Gasteiger partial charge in [-0.3, -0.25) is 4.90 Å². The molecule has 0 aromatic carbocycles. The van der Waals surface area contributed by atoms with E-state index in [9.17, 15) is 8.42 Å². The number of hydrogen-bond acceptors (Lipinski definition) is 4. The van der Waals surface area contributed by atoms with Gasteiger partial charge in [0.25, 0.3) is 0 Å². The van der Waals surface area contributed by atoms with Gasteiger partial charge in [0.05, 0.1) is 5.75 Å². The van der Waals surface area contributed by atoms with Crippen LogP contribution in [0, 0.1) is 5.92 Å². The van der Waals surface area contributed by atoms with Crippen LogP contribution in [0.15, 0.2) is 0 Å². The largest absolute Gasteiger partial charge is 0.308 e. The molecule has 0 bridgehead atoms. The molecule has 0 radical (unpaired) electrons. The number of nitrogens with one attached hydrogen (secondary N) is 1. The zero-order valence-electron chi connectivity index (χ0n) is 13.4. The molecular formula is C15H30N2O2S. The Labute approximate surface area is 124 Å². The average molecular weight is 302 g/mol. The molecule has 5 heteroatoms. The lowest BCUT2D eigenvalue weighted by atomic mass is 9.88. The Bertz CT molecular complexity index is 427. The predicted octanol–water partition coefficient (Wildman–Crippen LogP) is 1.66. The summed E-state index contributed by atoms with van der Waals surface area (Å²) in [5.41, 5.74) is 0.247. The van der Waals surface area contributed by atoms with E-state index in [4.69, 9.17) is 0 Å². The molecule has 0 aromatic rings. The molecule has 2 rings (SSSR count). The zero-order chi connectivity index (χ0) is 15.0. The number of sulfone groups is 1. The van der Waals surface area contributed by atoms with Gasteiger partial charge in [0, 0.05) is 37.0 Å². The first-order valence-electron chi connectivity index (χ1n) is 7.91. The Balaban J connectivity index is 2.14. The summed E-state index contributed by atoms with van der Waals surface area (Å²) in [5, 5.41) is 3.78. The van der Waals surface area contributed by atoms with Crippen molar-refractivity contribution in [3.63, 3.8) is 0 Å². The normalized spacial score (nSPS) is 29.1. The molecule has 1 spiro atoms. The number of hydrogen-bond donors (Lipinski definition) is 1. The molecule has 1 saturated carbocycles. The molecule has 20 heavy (non-hydrogen) atoms. The second kappa shape index (κ2) is 5.93. The van der Waals surface area contributed by atoms with Crippen molar-refractivity contribution in [2.75, 3.05) is 25.1 Å². The van der Waals surface area contributed by atoms with Crippen LogP contribution < -0.4 is 5.32 Å². The summed E-state index contributed by atoms with van der Waals surface area (Å²) in [4.78, 5) is 2.47. The molecular weight excluding hydrogens is 272 g/mol. The second-order valence-electron chi connectivity index (χ2n) is 7.29. The van der Waals surface area contributed by atoms with Crippen molar-refractivity contribution in [3.05, 3.63) is 0 Å². The lowest BCUT2D eigenvalue weighted by molar-refractivity contribution is 0.0340. The Morgan fingerprint density at radius 1 is 1.25 bits per heavy atom. The van der Waals surface area contributed by atoms with E-state index in [1.807, 2.05) is 0 Å². The van der Waals surface area contributed by atoms with Gasteiger partial charge in [-0.15, -0.1) is 0 Å². The Kier molecular flexibility index (Phi) is 4.82. The molecule has 0 amide bonds. The van der Waals surface area contributed by atoms with Gasteiger partial charge in [0.15, 0.2) is 0 Å². The number of nitrogens with zero attached hydrogens (tertiary/aromatic N) is 1. The van der Waals surface area contributed by atoms with E-state index < -0.39 is 9.84 Å². The van der Waals surface area contributed by atoms with Gasteiger partial charge in [0.2, 0.25) is 0 Å². The van der Waals surface area contributed by atoms with Gasteiger partial charge >= 0.3 is 0 Å². The van der Waals surface area contributed by atoms with E-state index in [0.717, 1.165) is 13.1 Å². The van der Waals surface area contributed by atoms with E-state index in [0.29, 0.717) is 12.0 Å². The molecule has 0 aromatic heterocycles. The maximum Gasteiger partial charge on any atom is 0.148 e. The maximum absolute atomic E-state index is 11.6. The van der Waals surface area contributed by atoms with Crippen molar-refractivity contribution >= 4 is 9.84 Å². The Morgan fingerprint density at radius 3 is 2.35 bits per heavy atom. The van der Waals surface area contributed by atoms with Gasteiger partial charge in [0.1, 0.15) is 9.84 Å². The quantitative estimate of drug-likeness (QED) is 0.858. The third kappa shape index (κ3) is 3.74. The third-order valence-electron chi connectivity index (χ3n) is 5.04. The summed E-state index contributed by atoms with van der Waals surface area (Å²) >= 11 is 0. The highest BCUT2D eigenvalue weighted by Gasteiger charge is 2.43. The third-order valence-corrected chi connectivity index (χ3v) is 6.13. The van der Waals surface area contributed by atoms with Crippen molar-refractivity contribution in [2.24, 2.45) is 5.92 Å². The van der Waals surface area contributed by atoms with E-state index >= 15 is 0 Å².